The highest BCUT2D eigenvalue weighted by Gasteiger charge is 2.21. The summed E-state index contributed by atoms with van der Waals surface area (Å²) in [6, 6.07) is 7.35. The maximum absolute atomic E-state index is 12.1. The van der Waals surface area contributed by atoms with Crippen LogP contribution in [0.2, 0.25) is 5.02 Å². The van der Waals surface area contributed by atoms with Crippen LogP contribution >= 0.6 is 11.6 Å². The van der Waals surface area contributed by atoms with E-state index < -0.39 is 18.0 Å². The largest absolute Gasteiger partial charge is 0.469 e. The Morgan fingerprint density at radius 3 is 2.74 bits per heavy atom. The number of methoxy groups -OCH3 is 1. The van der Waals surface area contributed by atoms with Gasteiger partial charge in [-0.05, 0) is 18.6 Å². The summed E-state index contributed by atoms with van der Waals surface area (Å²) in [4.78, 5) is 23.7. The third kappa shape index (κ3) is 4.72. The van der Waals surface area contributed by atoms with E-state index in [1.807, 2.05) is 0 Å². The Kier molecular flexibility index (Phi) is 5.59. The van der Waals surface area contributed by atoms with E-state index >= 15 is 0 Å². The highest BCUT2D eigenvalue weighted by Crippen LogP contribution is 2.25. The molecule has 2 amide bonds. The highest BCUT2D eigenvalue weighted by molar-refractivity contribution is 6.31. The van der Waals surface area contributed by atoms with Crippen LogP contribution in [-0.2, 0) is 9.53 Å². The first-order valence-corrected chi connectivity index (χ1v) is 7.19. The van der Waals surface area contributed by atoms with Gasteiger partial charge < -0.3 is 14.6 Å². The Morgan fingerprint density at radius 2 is 2.13 bits per heavy atom. The molecule has 122 valence electrons. The fourth-order valence-corrected chi connectivity index (χ4v) is 2.25. The van der Waals surface area contributed by atoms with Gasteiger partial charge in [0.25, 0.3) is 0 Å². The fraction of sp³-hybridized carbons (Fsp3) is 0.267. The van der Waals surface area contributed by atoms with Gasteiger partial charge in [0.2, 0.25) is 0 Å². The van der Waals surface area contributed by atoms with E-state index in [1.165, 1.54) is 7.11 Å². The van der Waals surface area contributed by atoms with Crippen molar-refractivity contribution in [1.29, 1.82) is 0 Å². The summed E-state index contributed by atoms with van der Waals surface area (Å²) < 4.78 is 9.53. The van der Waals surface area contributed by atoms with Gasteiger partial charge in [-0.1, -0.05) is 35.0 Å². The third-order valence-electron chi connectivity index (χ3n) is 3.05. The predicted molar refractivity (Wildman–Crippen MR) is 84.2 cm³/mol. The van der Waals surface area contributed by atoms with Gasteiger partial charge >= 0.3 is 12.0 Å². The van der Waals surface area contributed by atoms with Crippen LogP contribution in [0.25, 0.3) is 0 Å². The van der Waals surface area contributed by atoms with Gasteiger partial charge in [0.05, 0.1) is 19.6 Å². The number of rotatable bonds is 5. The molecule has 8 heteroatoms. The maximum atomic E-state index is 12.1. The number of carbonyl (C=O) groups is 2. The molecule has 1 atom stereocenters. The molecule has 1 unspecified atom stereocenters. The van der Waals surface area contributed by atoms with Gasteiger partial charge in [-0.15, -0.1) is 0 Å². The Morgan fingerprint density at radius 1 is 1.39 bits per heavy atom. The summed E-state index contributed by atoms with van der Waals surface area (Å²) in [5.74, 6) is 0.376. The van der Waals surface area contributed by atoms with Crippen LogP contribution < -0.4 is 10.6 Å². The summed E-state index contributed by atoms with van der Waals surface area (Å²) in [6.45, 7) is 1.71. The SMILES string of the molecule is COC(=O)CC(NC(=O)Nc1cc(C)on1)c1ccccc1Cl. The molecule has 0 spiro atoms. The van der Waals surface area contributed by atoms with Crippen molar-refractivity contribution in [2.45, 2.75) is 19.4 Å². The number of aryl methyl sites for hydroxylation is 1. The quantitative estimate of drug-likeness (QED) is 0.818. The first-order valence-electron chi connectivity index (χ1n) is 6.81. The second-order valence-corrected chi connectivity index (χ2v) is 5.18. The van der Waals surface area contributed by atoms with Crippen molar-refractivity contribution in [2.24, 2.45) is 0 Å². The number of esters is 1. The Balaban J connectivity index is 2.12. The van der Waals surface area contributed by atoms with Crippen molar-refractivity contribution < 1.29 is 18.8 Å². The number of halogens is 1. The van der Waals surface area contributed by atoms with Crippen LogP contribution in [0.1, 0.15) is 23.8 Å². The first kappa shape index (κ1) is 16.8. The van der Waals surface area contributed by atoms with Crippen molar-refractivity contribution in [1.82, 2.24) is 10.5 Å². The minimum atomic E-state index is -0.635. The molecular weight excluding hydrogens is 322 g/mol. The minimum absolute atomic E-state index is 0.0501. The zero-order chi connectivity index (χ0) is 16.8. The number of hydrogen-bond acceptors (Lipinski definition) is 5. The second kappa shape index (κ2) is 7.64. The molecule has 0 radical (unpaired) electrons. The van der Waals surface area contributed by atoms with E-state index in [-0.39, 0.29) is 12.2 Å². The van der Waals surface area contributed by atoms with Crippen LogP contribution in [-0.4, -0.2) is 24.3 Å². The number of nitrogens with one attached hydrogen (secondary N) is 2. The van der Waals surface area contributed by atoms with Crippen molar-refractivity contribution in [3.05, 3.63) is 46.7 Å². The van der Waals surface area contributed by atoms with Crippen LogP contribution in [0, 0.1) is 6.92 Å². The molecule has 0 saturated heterocycles. The van der Waals surface area contributed by atoms with Crippen LogP contribution in [0.4, 0.5) is 10.6 Å². The zero-order valence-electron chi connectivity index (χ0n) is 12.6. The monoisotopic (exact) mass is 337 g/mol. The lowest BCUT2D eigenvalue weighted by Crippen LogP contribution is -2.34. The van der Waals surface area contributed by atoms with Crippen LogP contribution in [0.3, 0.4) is 0 Å². The Bertz CT molecular complexity index is 702. The summed E-state index contributed by atoms with van der Waals surface area (Å²) >= 11 is 6.14. The number of anilines is 1. The molecule has 0 aliphatic rings. The molecule has 0 bridgehead atoms. The number of carbonyl (C=O) groups excluding carboxylic acids is 2. The number of nitrogens with zero attached hydrogens (tertiary/aromatic N) is 1. The molecule has 0 aliphatic heterocycles. The molecule has 0 saturated carbocycles. The number of aromatic nitrogens is 1. The van der Waals surface area contributed by atoms with Gasteiger partial charge in [-0.25, -0.2) is 4.79 Å². The first-order chi connectivity index (χ1) is 11.0. The minimum Gasteiger partial charge on any atom is -0.469 e. The molecule has 23 heavy (non-hydrogen) atoms. The predicted octanol–water partition coefficient (Wildman–Crippen LogP) is 3.06. The number of hydrogen-bond donors (Lipinski definition) is 2. The highest BCUT2D eigenvalue weighted by atomic mass is 35.5. The van der Waals surface area contributed by atoms with Crippen molar-refractivity contribution in [2.75, 3.05) is 12.4 Å². The second-order valence-electron chi connectivity index (χ2n) is 4.78. The van der Waals surface area contributed by atoms with E-state index in [0.717, 1.165) is 0 Å². The van der Waals surface area contributed by atoms with E-state index in [2.05, 4.69) is 20.5 Å². The van der Waals surface area contributed by atoms with Gasteiger partial charge in [0.1, 0.15) is 5.76 Å². The van der Waals surface area contributed by atoms with Crippen LogP contribution in [0.5, 0.6) is 0 Å². The van der Waals surface area contributed by atoms with E-state index in [1.54, 1.807) is 37.3 Å². The molecule has 0 fully saturated rings. The zero-order valence-corrected chi connectivity index (χ0v) is 13.4. The molecule has 1 aromatic heterocycles. The lowest BCUT2D eigenvalue weighted by Gasteiger charge is -2.19. The van der Waals surface area contributed by atoms with Crippen molar-refractivity contribution in [3.63, 3.8) is 0 Å². The van der Waals surface area contributed by atoms with Crippen LogP contribution in [0.15, 0.2) is 34.9 Å². The molecule has 1 aromatic carbocycles. The fourth-order valence-electron chi connectivity index (χ4n) is 1.98. The van der Waals surface area contributed by atoms with E-state index in [9.17, 15) is 9.59 Å². The van der Waals surface area contributed by atoms with Gasteiger partial charge in [0.15, 0.2) is 5.82 Å². The van der Waals surface area contributed by atoms with Gasteiger partial charge in [-0.2, -0.15) is 0 Å². The summed E-state index contributed by atoms with van der Waals surface area (Å²) in [7, 11) is 1.28. The molecule has 2 rings (SSSR count). The van der Waals surface area contributed by atoms with Crippen molar-refractivity contribution in [3.8, 4) is 0 Å². The van der Waals surface area contributed by atoms with E-state index in [0.29, 0.717) is 16.3 Å². The Labute approximate surface area is 137 Å². The maximum Gasteiger partial charge on any atom is 0.320 e. The smallest absolute Gasteiger partial charge is 0.320 e. The summed E-state index contributed by atoms with van der Waals surface area (Å²) in [5, 5.41) is 9.31. The molecule has 7 nitrogen and oxygen atoms in total. The number of ether oxygens (including phenoxy) is 1. The van der Waals surface area contributed by atoms with E-state index in [4.69, 9.17) is 16.1 Å². The summed E-state index contributed by atoms with van der Waals surface area (Å²) in [5.41, 5.74) is 0.617. The average Bonchev–Trinajstić information content (AvgIpc) is 2.91. The topological polar surface area (TPSA) is 93.5 Å². The van der Waals surface area contributed by atoms with Gasteiger partial charge in [0, 0.05) is 11.1 Å². The number of amides is 2. The normalized spacial score (nSPS) is 11.6. The van der Waals surface area contributed by atoms with Crippen molar-refractivity contribution >= 4 is 29.4 Å². The number of benzene rings is 1. The van der Waals surface area contributed by atoms with Gasteiger partial charge in [-0.3, -0.25) is 10.1 Å². The summed E-state index contributed by atoms with van der Waals surface area (Å²) in [6.07, 6.45) is -0.0501. The molecule has 2 aromatic rings. The molecular formula is C15H16ClN3O4. The average molecular weight is 338 g/mol. The molecule has 1 heterocycles. The third-order valence-corrected chi connectivity index (χ3v) is 3.40. The lowest BCUT2D eigenvalue weighted by molar-refractivity contribution is -0.141. The Hall–Kier alpha value is -2.54. The number of urea groups is 1. The molecule has 2 N–H and O–H groups in total. The standard InChI is InChI=1S/C15H16ClN3O4/c1-9-7-13(19-23-9)18-15(21)17-12(8-14(20)22-2)10-5-3-4-6-11(10)16/h3-7,12H,8H2,1-2H3,(H2,17,18,19,21). The molecule has 0 aliphatic carbocycles. The lowest BCUT2D eigenvalue weighted by atomic mass is 10.0.